The van der Waals surface area contributed by atoms with Crippen molar-refractivity contribution in [1.29, 1.82) is 0 Å². The summed E-state index contributed by atoms with van der Waals surface area (Å²) in [6.45, 7) is 1.02. The maximum Gasteiger partial charge on any atom is 0.433 e. The van der Waals surface area contributed by atoms with Gasteiger partial charge in [-0.1, -0.05) is 30.3 Å². The summed E-state index contributed by atoms with van der Waals surface area (Å²) in [5, 5.41) is 18.8. The Morgan fingerprint density at radius 1 is 1.12 bits per heavy atom. The third-order valence-corrected chi connectivity index (χ3v) is 3.25. The van der Waals surface area contributed by atoms with Gasteiger partial charge in [0.2, 0.25) is 5.88 Å². The number of nitrogens with zero attached hydrogens (tertiary/aromatic N) is 1. The van der Waals surface area contributed by atoms with Crippen LogP contribution in [0.25, 0.3) is 5.57 Å². The fourth-order valence-electron chi connectivity index (χ4n) is 2.16. The van der Waals surface area contributed by atoms with Gasteiger partial charge in [-0.25, -0.2) is 9.78 Å². The number of ether oxygens (including phenoxy) is 1. The van der Waals surface area contributed by atoms with Gasteiger partial charge in [-0.3, -0.25) is 0 Å². The molecule has 0 unspecified atom stereocenters. The molecule has 0 saturated heterocycles. The number of alkyl halides is 3. The van der Waals surface area contributed by atoms with E-state index in [4.69, 9.17) is 4.74 Å². The number of carboxylic acid groups (broad SMARTS) is 1. The van der Waals surface area contributed by atoms with Crippen LogP contribution in [0.15, 0.2) is 48.2 Å². The molecule has 5 nitrogen and oxygen atoms in total. The van der Waals surface area contributed by atoms with Gasteiger partial charge in [0.25, 0.3) is 0 Å². The molecule has 0 saturated carbocycles. The number of pyridine rings is 1. The molecule has 0 radical (unpaired) electrons. The van der Waals surface area contributed by atoms with Crippen molar-refractivity contribution in [3.63, 3.8) is 0 Å². The van der Waals surface area contributed by atoms with Crippen LogP contribution in [0.5, 0.6) is 5.88 Å². The van der Waals surface area contributed by atoms with E-state index in [0.717, 1.165) is 12.1 Å². The number of carboxylic acids is 1. The summed E-state index contributed by atoms with van der Waals surface area (Å²) < 4.78 is 43.3. The van der Waals surface area contributed by atoms with E-state index in [1.165, 1.54) is 19.1 Å². The van der Waals surface area contributed by atoms with Crippen molar-refractivity contribution in [3.8, 4) is 5.88 Å². The lowest BCUT2D eigenvalue weighted by atomic mass is 9.99. The Morgan fingerprint density at radius 2 is 1.80 bits per heavy atom. The molecular formula is C17H14F3NO4. The molecule has 25 heavy (non-hydrogen) atoms. The average molecular weight is 353 g/mol. The molecule has 0 aliphatic heterocycles. The summed E-state index contributed by atoms with van der Waals surface area (Å²) >= 11 is 0. The molecule has 0 spiro atoms. The summed E-state index contributed by atoms with van der Waals surface area (Å²) in [5.41, 5.74) is -0.804. The molecule has 0 aliphatic rings. The van der Waals surface area contributed by atoms with Crippen molar-refractivity contribution in [3.05, 3.63) is 65.0 Å². The van der Waals surface area contributed by atoms with Crippen molar-refractivity contribution >= 4 is 11.5 Å². The normalized spacial score (nSPS) is 12.5. The number of carbonyl (C=O) groups is 1. The van der Waals surface area contributed by atoms with Crippen LogP contribution < -0.4 is 4.74 Å². The minimum Gasteiger partial charge on any atom is -0.512 e. The van der Waals surface area contributed by atoms with Crippen LogP contribution in [0.3, 0.4) is 0 Å². The number of hydrogen-bond acceptors (Lipinski definition) is 4. The Morgan fingerprint density at radius 3 is 2.40 bits per heavy atom. The van der Waals surface area contributed by atoms with Crippen LogP contribution >= 0.6 is 0 Å². The molecule has 8 heteroatoms. The van der Waals surface area contributed by atoms with Crippen molar-refractivity contribution < 1.29 is 32.9 Å². The average Bonchev–Trinajstić information content (AvgIpc) is 2.53. The zero-order chi connectivity index (χ0) is 18.6. The van der Waals surface area contributed by atoms with E-state index in [9.17, 15) is 28.2 Å². The van der Waals surface area contributed by atoms with Crippen molar-refractivity contribution in [2.75, 3.05) is 0 Å². The molecule has 0 atom stereocenters. The molecule has 132 valence electrons. The van der Waals surface area contributed by atoms with Crippen LogP contribution in [0, 0.1) is 0 Å². The highest BCUT2D eigenvalue weighted by Gasteiger charge is 2.32. The summed E-state index contributed by atoms with van der Waals surface area (Å²) in [5.74, 6) is -1.96. The second-order valence-electron chi connectivity index (χ2n) is 5.07. The quantitative estimate of drug-likeness (QED) is 0.626. The largest absolute Gasteiger partial charge is 0.512 e. The lowest BCUT2D eigenvalue weighted by Crippen LogP contribution is -2.10. The summed E-state index contributed by atoms with van der Waals surface area (Å²) in [6, 6.07) is 9.47. The van der Waals surface area contributed by atoms with E-state index in [0.29, 0.717) is 5.56 Å². The lowest BCUT2D eigenvalue weighted by molar-refractivity contribution is -0.141. The first-order valence-corrected chi connectivity index (χ1v) is 7.08. The van der Waals surface area contributed by atoms with E-state index in [2.05, 4.69) is 4.98 Å². The van der Waals surface area contributed by atoms with E-state index in [1.807, 2.05) is 0 Å². The van der Waals surface area contributed by atoms with Crippen LogP contribution in [0.4, 0.5) is 13.2 Å². The van der Waals surface area contributed by atoms with E-state index >= 15 is 0 Å². The van der Waals surface area contributed by atoms with Crippen LogP contribution in [-0.2, 0) is 17.6 Å². The summed E-state index contributed by atoms with van der Waals surface area (Å²) in [7, 11) is 0. The molecule has 0 amide bonds. The number of rotatable bonds is 5. The molecular weight excluding hydrogens is 339 g/mol. The molecule has 2 N–H and O–H groups in total. The van der Waals surface area contributed by atoms with E-state index < -0.39 is 23.6 Å². The summed E-state index contributed by atoms with van der Waals surface area (Å²) in [4.78, 5) is 14.7. The monoisotopic (exact) mass is 353 g/mol. The van der Waals surface area contributed by atoms with Gasteiger partial charge in [-0.15, -0.1) is 0 Å². The zero-order valence-electron chi connectivity index (χ0n) is 13.0. The molecule has 1 aromatic carbocycles. The molecule has 1 heterocycles. The van der Waals surface area contributed by atoms with Gasteiger partial charge in [0, 0.05) is 6.07 Å². The van der Waals surface area contributed by atoms with Crippen molar-refractivity contribution in [2.24, 2.45) is 0 Å². The standard InChI is InChI=1S/C17H14F3NO4/c1-10(22)15(16(23)24)12-6-3-2-5-11(12)9-25-14-8-4-7-13(21-14)17(18,19)20/h2-8,22H,9H2,1H3,(H,23,24)/b15-10+. The molecule has 2 rings (SSSR count). The minimum atomic E-state index is -4.59. The molecule has 0 bridgehead atoms. The van der Waals surface area contributed by atoms with Gasteiger partial charge in [0.05, 0.1) is 0 Å². The number of aliphatic carboxylic acids is 1. The molecule has 0 fully saturated rings. The highest BCUT2D eigenvalue weighted by molar-refractivity contribution is 6.16. The van der Waals surface area contributed by atoms with Crippen molar-refractivity contribution in [2.45, 2.75) is 19.7 Å². The number of allylic oxidation sites excluding steroid dienone is 1. The van der Waals surface area contributed by atoms with Crippen LogP contribution in [-0.4, -0.2) is 21.2 Å². The number of benzene rings is 1. The smallest absolute Gasteiger partial charge is 0.433 e. The first-order chi connectivity index (χ1) is 11.7. The van der Waals surface area contributed by atoms with Gasteiger partial charge >= 0.3 is 12.1 Å². The number of aliphatic hydroxyl groups excluding tert-OH is 1. The molecule has 1 aromatic heterocycles. The highest BCUT2D eigenvalue weighted by atomic mass is 19.4. The van der Waals surface area contributed by atoms with Gasteiger partial charge in [0.15, 0.2) is 0 Å². The maximum atomic E-state index is 12.7. The van der Waals surface area contributed by atoms with Crippen LogP contribution in [0.2, 0.25) is 0 Å². The zero-order valence-corrected chi connectivity index (χ0v) is 13.0. The number of aliphatic hydroxyl groups is 1. The lowest BCUT2D eigenvalue weighted by Gasteiger charge is -2.13. The predicted molar refractivity (Wildman–Crippen MR) is 82.9 cm³/mol. The fourth-order valence-corrected chi connectivity index (χ4v) is 2.16. The third kappa shape index (κ3) is 4.50. The third-order valence-electron chi connectivity index (χ3n) is 3.25. The van der Waals surface area contributed by atoms with E-state index in [1.54, 1.807) is 18.2 Å². The number of aromatic nitrogens is 1. The predicted octanol–water partition coefficient (Wildman–Crippen LogP) is 4.05. The van der Waals surface area contributed by atoms with Gasteiger partial charge in [0.1, 0.15) is 23.6 Å². The maximum absolute atomic E-state index is 12.7. The Labute approximate surface area is 141 Å². The second kappa shape index (κ2) is 7.25. The first-order valence-electron chi connectivity index (χ1n) is 7.08. The summed E-state index contributed by atoms with van der Waals surface area (Å²) in [6.07, 6.45) is -4.59. The first kappa shape index (κ1) is 18.3. The second-order valence-corrected chi connectivity index (χ2v) is 5.07. The van der Waals surface area contributed by atoms with Crippen LogP contribution in [0.1, 0.15) is 23.7 Å². The van der Waals surface area contributed by atoms with Gasteiger partial charge < -0.3 is 14.9 Å². The number of halogens is 3. The number of hydrogen-bond donors (Lipinski definition) is 2. The Bertz CT molecular complexity index is 812. The van der Waals surface area contributed by atoms with Gasteiger partial charge in [-0.2, -0.15) is 13.2 Å². The van der Waals surface area contributed by atoms with E-state index in [-0.39, 0.29) is 23.6 Å². The SMILES string of the molecule is C/C(O)=C(\C(=O)O)c1ccccc1COc1cccc(C(F)(F)F)n1. The van der Waals surface area contributed by atoms with Gasteiger partial charge in [-0.05, 0) is 24.1 Å². The molecule has 2 aromatic rings. The van der Waals surface area contributed by atoms with Crippen molar-refractivity contribution in [1.82, 2.24) is 4.98 Å². The minimum absolute atomic E-state index is 0.210. The Kier molecular flexibility index (Phi) is 5.31. The Balaban J connectivity index is 2.29. The highest BCUT2D eigenvalue weighted by Crippen LogP contribution is 2.29. The molecule has 0 aliphatic carbocycles. The Hall–Kier alpha value is -3.03. The fraction of sp³-hybridized carbons (Fsp3) is 0.176. The topological polar surface area (TPSA) is 79.7 Å².